The summed E-state index contributed by atoms with van der Waals surface area (Å²) in [5, 5.41) is 9.40. The van der Waals surface area contributed by atoms with Crippen molar-refractivity contribution in [2.45, 2.75) is 31.5 Å². The Labute approximate surface area is 191 Å². The van der Waals surface area contributed by atoms with Gasteiger partial charge in [-0.1, -0.05) is 33.6 Å². The van der Waals surface area contributed by atoms with Crippen LogP contribution in [-0.4, -0.2) is 52.3 Å². The summed E-state index contributed by atoms with van der Waals surface area (Å²) in [6.45, 7) is 2.08. The van der Waals surface area contributed by atoms with Crippen LogP contribution in [0.1, 0.15) is 27.9 Å². The van der Waals surface area contributed by atoms with Crippen LogP contribution < -0.4 is 4.90 Å². The number of likely N-dealkylation sites (tertiary alicyclic amines) is 1. The molecule has 0 aliphatic carbocycles. The Kier molecular flexibility index (Phi) is 4.57. The molecule has 2 aromatic rings. The zero-order chi connectivity index (χ0) is 22.0. The average molecular weight is 500 g/mol. The second-order valence-corrected chi connectivity index (χ2v) is 9.21. The number of hydrogen-bond donors (Lipinski definition) is 0. The van der Waals surface area contributed by atoms with Crippen molar-refractivity contribution in [1.82, 2.24) is 9.80 Å². The number of carbonyl (C=O) groups excluding carboxylic acids is 3. The summed E-state index contributed by atoms with van der Waals surface area (Å²) < 4.78 is 0.802. The number of imide groups is 1. The number of fused-ring (bicyclic) bond motifs is 5. The summed E-state index contributed by atoms with van der Waals surface area (Å²) in [5.41, 5.74) is 1.70. The maximum absolute atomic E-state index is 13.4. The molecule has 5 rings (SSSR count). The minimum Gasteiger partial charge on any atom is -0.331 e. The monoisotopic (exact) mass is 498 g/mol. The number of benzene rings is 2. The van der Waals surface area contributed by atoms with E-state index in [-0.39, 0.29) is 34.5 Å². The summed E-state index contributed by atoms with van der Waals surface area (Å²) >= 11 is 9.65. The van der Waals surface area contributed by atoms with Crippen molar-refractivity contribution in [1.29, 1.82) is 5.26 Å². The summed E-state index contributed by atoms with van der Waals surface area (Å²) in [6.07, 6.45) is 0.586. The number of nitrogens with zero attached hydrogens (tertiary/aromatic N) is 4. The molecule has 2 bridgehead atoms. The smallest absolute Gasteiger partial charge is 0.331 e. The molecule has 3 aliphatic rings. The van der Waals surface area contributed by atoms with Gasteiger partial charge in [-0.2, -0.15) is 5.26 Å². The first-order valence-corrected chi connectivity index (χ1v) is 10.9. The quantitative estimate of drug-likeness (QED) is 0.590. The average Bonchev–Trinajstić information content (AvgIpc) is 3.41. The van der Waals surface area contributed by atoms with Crippen LogP contribution in [0.2, 0.25) is 5.02 Å². The zero-order valence-corrected chi connectivity index (χ0v) is 18.7. The van der Waals surface area contributed by atoms with Gasteiger partial charge in [-0.3, -0.25) is 9.59 Å². The molecule has 0 radical (unpaired) electrons. The van der Waals surface area contributed by atoms with E-state index in [9.17, 15) is 19.6 Å². The molecular formula is C22H16BrClN4O3. The number of anilines is 1. The fourth-order valence-electron chi connectivity index (χ4n) is 4.90. The van der Waals surface area contributed by atoms with Gasteiger partial charge in [0.25, 0.3) is 11.8 Å². The topological polar surface area (TPSA) is 84.7 Å². The third kappa shape index (κ3) is 2.80. The molecule has 0 N–H and O–H groups in total. The molecule has 0 aromatic heterocycles. The number of amides is 4. The maximum atomic E-state index is 13.4. The van der Waals surface area contributed by atoms with Gasteiger partial charge in [0.15, 0.2) is 0 Å². The predicted octanol–water partition coefficient (Wildman–Crippen LogP) is 3.72. The van der Waals surface area contributed by atoms with Gasteiger partial charge in [0.05, 0.1) is 28.4 Å². The van der Waals surface area contributed by atoms with Crippen molar-refractivity contribution in [3.8, 4) is 6.07 Å². The van der Waals surface area contributed by atoms with E-state index in [4.69, 9.17) is 11.6 Å². The molecule has 2 aromatic carbocycles. The second kappa shape index (κ2) is 7.08. The summed E-state index contributed by atoms with van der Waals surface area (Å²) in [6, 6.07) is 10.5. The highest BCUT2D eigenvalue weighted by atomic mass is 79.9. The largest absolute Gasteiger partial charge is 0.332 e. The molecule has 0 saturated carbocycles. The molecule has 3 fully saturated rings. The third-order valence-electron chi connectivity index (χ3n) is 6.32. The van der Waals surface area contributed by atoms with Gasteiger partial charge in [0.2, 0.25) is 0 Å². The van der Waals surface area contributed by atoms with Gasteiger partial charge in [-0.05, 0) is 49.2 Å². The highest BCUT2D eigenvalue weighted by Gasteiger charge is 2.63. The van der Waals surface area contributed by atoms with Crippen molar-refractivity contribution >= 4 is 51.1 Å². The molecule has 31 heavy (non-hydrogen) atoms. The van der Waals surface area contributed by atoms with Crippen LogP contribution in [0, 0.1) is 18.3 Å². The molecule has 0 spiro atoms. The van der Waals surface area contributed by atoms with Gasteiger partial charge < -0.3 is 9.80 Å². The molecule has 3 atom stereocenters. The highest BCUT2D eigenvalue weighted by molar-refractivity contribution is 9.10. The first-order valence-electron chi connectivity index (χ1n) is 9.75. The lowest BCUT2D eigenvalue weighted by Gasteiger charge is -2.35. The lowest BCUT2D eigenvalue weighted by Crippen LogP contribution is -2.54. The molecule has 2 unspecified atom stereocenters. The zero-order valence-electron chi connectivity index (χ0n) is 16.4. The van der Waals surface area contributed by atoms with Crippen LogP contribution >= 0.6 is 27.5 Å². The van der Waals surface area contributed by atoms with E-state index < -0.39 is 12.1 Å². The van der Waals surface area contributed by atoms with E-state index in [2.05, 4.69) is 15.9 Å². The normalized spacial score (nSPS) is 24.1. The number of rotatable bonds is 2. The molecule has 3 heterocycles. The standard InChI is InChI=1S/C22H16BrClN4O3/c1-11-16(6-5-13(9-25)18(11)24)28-21(30)19-17-8-15(27(19)22(28)31)10-26(17)20(29)12-3-2-4-14(23)7-12/h2-7,15,17,19H,8,10H2,1H3/t15?,17?,19-/m1/s1. The van der Waals surface area contributed by atoms with Crippen LogP contribution in [0.4, 0.5) is 10.5 Å². The fraction of sp³-hybridized carbons (Fsp3) is 0.273. The molecule has 3 aliphatic heterocycles. The Bertz CT molecular complexity index is 1210. The van der Waals surface area contributed by atoms with Crippen molar-refractivity contribution in [2.75, 3.05) is 11.4 Å². The first-order chi connectivity index (χ1) is 14.8. The van der Waals surface area contributed by atoms with E-state index in [1.165, 1.54) is 6.07 Å². The Balaban J connectivity index is 1.47. The molecule has 3 saturated heterocycles. The second-order valence-electron chi connectivity index (χ2n) is 7.92. The van der Waals surface area contributed by atoms with Crippen LogP contribution in [-0.2, 0) is 4.79 Å². The van der Waals surface area contributed by atoms with E-state index in [0.29, 0.717) is 29.8 Å². The van der Waals surface area contributed by atoms with Crippen molar-refractivity contribution in [2.24, 2.45) is 0 Å². The Morgan fingerprint density at radius 2 is 2.03 bits per heavy atom. The van der Waals surface area contributed by atoms with Crippen LogP contribution in [0.15, 0.2) is 40.9 Å². The van der Waals surface area contributed by atoms with E-state index >= 15 is 0 Å². The first kappa shape index (κ1) is 20.0. The van der Waals surface area contributed by atoms with Crippen molar-refractivity contribution in [3.05, 3.63) is 62.6 Å². The minimum atomic E-state index is -0.712. The summed E-state index contributed by atoms with van der Waals surface area (Å²) in [5.74, 6) is -0.516. The van der Waals surface area contributed by atoms with E-state index in [1.54, 1.807) is 41.0 Å². The lowest BCUT2D eigenvalue weighted by atomic mass is 10.1. The molecule has 4 amide bonds. The van der Waals surface area contributed by atoms with Gasteiger partial charge in [-0.25, -0.2) is 9.69 Å². The predicted molar refractivity (Wildman–Crippen MR) is 117 cm³/mol. The third-order valence-corrected chi connectivity index (χ3v) is 7.30. The molecular weight excluding hydrogens is 484 g/mol. The van der Waals surface area contributed by atoms with E-state index in [0.717, 1.165) is 9.37 Å². The number of hydrogen-bond acceptors (Lipinski definition) is 4. The van der Waals surface area contributed by atoms with Crippen molar-refractivity contribution < 1.29 is 14.4 Å². The van der Waals surface area contributed by atoms with Crippen LogP contribution in [0.3, 0.4) is 0 Å². The number of halogens is 2. The number of piperazine rings is 1. The van der Waals surface area contributed by atoms with E-state index in [1.807, 2.05) is 12.1 Å². The number of urea groups is 1. The SMILES string of the molecule is Cc1c(N2C(=O)[C@H]3C4CC(CN4C(=O)c4cccc(Br)c4)N3C2=O)ccc(C#N)c1Cl. The molecule has 9 heteroatoms. The maximum Gasteiger partial charge on any atom is 0.332 e. The number of carbonyl (C=O) groups is 3. The Morgan fingerprint density at radius 1 is 1.26 bits per heavy atom. The number of nitriles is 1. The van der Waals surface area contributed by atoms with Crippen LogP contribution in [0.25, 0.3) is 0 Å². The Morgan fingerprint density at radius 3 is 2.74 bits per heavy atom. The molecule has 156 valence electrons. The van der Waals surface area contributed by atoms with Gasteiger partial charge >= 0.3 is 6.03 Å². The van der Waals surface area contributed by atoms with Crippen LogP contribution in [0.5, 0.6) is 0 Å². The lowest BCUT2D eigenvalue weighted by molar-refractivity contribution is -0.121. The van der Waals surface area contributed by atoms with Crippen molar-refractivity contribution in [3.63, 3.8) is 0 Å². The summed E-state index contributed by atoms with van der Waals surface area (Å²) in [4.78, 5) is 44.1. The molecule has 7 nitrogen and oxygen atoms in total. The van der Waals surface area contributed by atoms with Gasteiger partial charge in [0, 0.05) is 16.6 Å². The fourth-order valence-corrected chi connectivity index (χ4v) is 5.50. The summed E-state index contributed by atoms with van der Waals surface area (Å²) in [7, 11) is 0. The Hall–Kier alpha value is -2.89. The van der Waals surface area contributed by atoms with Gasteiger partial charge in [0.1, 0.15) is 12.1 Å². The highest BCUT2D eigenvalue weighted by Crippen LogP contribution is 2.44. The van der Waals surface area contributed by atoms with Gasteiger partial charge in [-0.15, -0.1) is 0 Å². The minimum absolute atomic E-state index is 0.148.